The van der Waals surface area contributed by atoms with Crippen molar-refractivity contribution >= 4 is 22.6 Å². The molecule has 1 N–H and O–H groups in total. The van der Waals surface area contributed by atoms with Crippen LogP contribution >= 0.6 is 12.4 Å². The molecule has 0 aromatic rings. The van der Waals surface area contributed by atoms with Crippen molar-refractivity contribution in [2.24, 2.45) is 0 Å². The van der Waals surface area contributed by atoms with Gasteiger partial charge in [0, 0.05) is 32.2 Å². The largest absolute Gasteiger partial charge is 0.318 e. The second kappa shape index (κ2) is 6.89. The van der Waals surface area contributed by atoms with Crippen molar-refractivity contribution in [1.82, 2.24) is 13.9 Å². The van der Waals surface area contributed by atoms with E-state index in [1.165, 1.54) is 4.31 Å². The van der Waals surface area contributed by atoms with Gasteiger partial charge in [0.2, 0.25) is 0 Å². The van der Waals surface area contributed by atoms with Gasteiger partial charge >= 0.3 is 0 Å². The van der Waals surface area contributed by atoms with Gasteiger partial charge in [-0.2, -0.15) is 17.0 Å². The summed E-state index contributed by atoms with van der Waals surface area (Å²) in [4.78, 5) is 0. The second-order valence-electron chi connectivity index (χ2n) is 4.58. The Bertz CT molecular complexity index is 322. The molecule has 17 heavy (non-hydrogen) atoms. The van der Waals surface area contributed by atoms with Gasteiger partial charge in [0.05, 0.1) is 0 Å². The van der Waals surface area contributed by atoms with Crippen molar-refractivity contribution in [3.8, 4) is 0 Å². The van der Waals surface area contributed by atoms with E-state index in [1.54, 1.807) is 11.4 Å². The second-order valence-corrected chi connectivity index (χ2v) is 6.52. The molecule has 0 saturated carbocycles. The van der Waals surface area contributed by atoms with Crippen LogP contribution in [-0.2, 0) is 10.2 Å². The molecule has 0 bridgehead atoms. The van der Waals surface area contributed by atoms with Crippen LogP contribution in [0.25, 0.3) is 0 Å². The highest BCUT2D eigenvalue weighted by atomic mass is 35.5. The SMILES string of the molecule is CNCC1CCCN1S(=O)(=O)N(C)C(C)C.Cl. The maximum atomic E-state index is 12.3. The van der Waals surface area contributed by atoms with E-state index < -0.39 is 10.2 Å². The molecule has 104 valence electrons. The molecular formula is C10H24ClN3O2S. The average Bonchev–Trinajstić information content (AvgIpc) is 2.65. The van der Waals surface area contributed by atoms with Crippen LogP contribution in [0.5, 0.6) is 0 Å². The third kappa shape index (κ3) is 3.79. The summed E-state index contributed by atoms with van der Waals surface area (Å²) in [5.74, 6) is 0. The summed E-state index contributed by atoms with van der Waals surface area (Å²) in [6.45, 7) is 5.15. The van der Waals surface area contributed by atoms with E-state index in [1.807, 2.05) is 20.9 Å². The zero-order valence-corrected chi connectivity index (χ0v) is 12.6. The zero-order valence-electron chi connectivity index (χ0n) is 11.0. The summed E-state index contributed by atoms with van der Waals surface area (Å²) in [5.41, 5.74) is 0. The lowest BCUT2D eigenvalue weighted by Gasteiger charge is -2.30. The number of halogens is 1. The van der Waals surface area contributed by atoms with Crippen LogP contribution in [0, 0.1) is 0 Å². The van der Waals surface area contributed by atoms with Crippen LogP contribution < -0.4 is 5.32 Å². The highest BCUT2D eigenvalue weighted by molar-refractivity contribution is 7.86. The third-order valence-electron chi connectivity index (χ3n) is 3.15. The van der Waals surface area contributed by atoms with Crippen molar-refractivity contribution in [3.63, 3.8) is 0 Å². The Morgan fingerprint density at radius 3 is 2.53 bits per heavy atom. The van der Waals surface area contributed by atoms with Gasteiger partial charge in [-0.05, 0) is 33.7 Å². The van der Waals surface area contributed by atoms with Gasteiger partial charge in [0.1, 0.15) is 0 Å². The Hall–Kier alpha value is 0.120. The fourth-order valence-corrected chi connectivity index (χ4v) is 3.76. The van der Waals surface area contributed by atoms with E-state index in [0.717, 1.165) is 19.4 Å². The summed E-state index contributed by atoms with van der Waals surface area (Å²) >= 11 is 0. The lowest BCUT2D eigenvalue weighted by Crippen LogP contribution is -2.49. The van der Waals surface area contributed by atoms with E-state index in [2.05, 4.69) is 5.32 Å². The van der Waals surface area contributed by atoms with Crippen LogP contribution in [0.15, 0.2) is 0 Å². The summed E-state index contributed by atoms with van der Waals surface area (Å²) < 4.78 is 27.6. The molecule has 0 amide bonds. The molecule has 0 aliphatic carbocycles. The number of likely N-dealkylation sites (N-methyl/N-ethyl adjacent to an activating group) is 1. The van der Waals surface area contributed by atoms with Gasteiger partial charge in [0.15, 0.2) is 0 Å². The normalized spacial score (nSPS) is 22.1. The summed E-state index contributed by atoms with van der Waals surface area (Å²) in [6, 6.07) is 0.108. The van der Waals surface area contributed by atoms with E-state index in [4.69, 9.17) is 0 Å². The predicted octanol–water partition coefficient (Wildman–Crippen LogP) is 0.677. The van der Waals surface area contributed by atoms with Gasteiger partial charge in [-0.3, -0.25) is 0 Å². The molecule has 1 aliphatic heterocycles. The van der Waals surface area contributed by atoms with Crippen molar-refractivity contribution in [3.05, 3.63) is 0 Å². The topological polar surface area (TPSA) is 52.7 Å². The molecule has 7 heteroatoms. The fraction of sp³-hybridized carbons (Fsp3) is 1.00. The zero-order chi connectivity index (χ0) is 12.3. The smallest absolute Gasteiger partial charge is 0.282 e. The van der Waals surface area contributed by atoms with E-state index in [0.29, 0.717) is 6.54 Å². The number of nitrogens with one attached hydrogen (secondary N) is 1. The van der Waals surface area contributed by atoms with Gasteiger partial charge in [-0.25, -0.2) is 0 Å². The molecule has 1 fully saturated rings. The average molecular weight is 286 g/mol. The van der Waals surface area contributed by atoms with Gasteiger partial charge in [0.25, 0.3) is 10.2 Å². The van der Waals surface area contributed by atoms with Gasteiger partial charge < -0.3 is 5.32 Å². The Labute approximate surface area is 111 Å². The molecule has 0 radical (unpaired) electrons. The fourth-order valence-electron chi connectivity index (χ4n) is 1.98. The maximum absolute atomic E-state index is 12.3. The summed E-state index contributed by atoms with van der Waals surface area (Å²) in [6.07, 6.45) is 1.91. The number of hydrogen-bond donors (Lipinski definition) is 1. The van der Waals surface area contributed by atoms with Crippen LogP contribution in [-0.4, -0.2) is 56.3 Å². The van der Waals surface area contributed by atoms with Gasteiger partial charge in [-0.1, -0.05) is 0 Å². The molecule has 1 heterocycles. The minimum Gasteiger partial charge on any atom is -0.318 e. The quantitative estimate of drug-likeness (QED) is 0.808. The first-order valence-electron chi connectivity index (χ1n) is 5.80. The van der Waals surface area contributed by atoms with E-state index in [-0.39, 0.29) is 24.5 Å². The molecular weight excluding hydrogens is 262 g/mol. The third-order valence-corrected chi connectivity index (χ3v) is 5.37. The van der Waals surface area contributed by atoms with E-state index >= 15 is 0 Å². The molecule has 1 saturated heterocycles. The number of hydrogen-bond acceptors (Lipinski definition) is 3. The molecule has 1 atom stereocenters. The number of nitrogens with zero attached hydrogens (tertiary/aromatic N) is 2. The van der Waals surface area contributed by atoms with Gasteiger partial charge in [-0.15, -0.1) is 12.4 Å². The number of rotatable bonds is 5. The predicted molar refractivity (Wildman–Crippen MR) is 72.7 cm³/mol. The Morgan fingerprint density at radius 1 is 1.47 bits per heavy atom. The lowest BCUT2D eigenvalue weighted by atomic mass is 10.2. The minimum atomic E-state index is -3.28. The molecule has 0 spiro atoms. The lowest BCUT2D eigenvalue weighted by molar-refractivity contribution is 0.319. The van der Waals surface area contributed by atoms with Crippen LogP contribution in [0.1, 0.15) is 26.7 Å². The first kappa shape index (κ1) is 17.1. The van der Waals surface area contributed by atoms with Crippen molar-refractivity contribution in [1.29, 1.82) is 0 Å². The van der Waals surface area contributed by atoms with Crippen LogP contribution in [0.4, 0.5) is 0 Å². The highest BCUT2D eigenvalue weighted by Gasteiger charge is 2.36. The molecule has 1 rings (SSSR count). The highest BCUT2D eigenvalue weighted by Crippen LogP contribution is 2.23. The Kier molecular flexibility index (Phi) is 6.94. The molecule has 0 aromatic carbocycles. The Balaban J connectivity index is 0.00000256. The first-order chi connectivity index (χ1) is 7.41. The van der Waals surface area contributed by atoms with Crippen molar-refractivity contribution in [2.45, 2.75) is 38.8 Å². The summed E-state index contributed by atoms with van der Waals surface area (Å²) in [7, 11) is 0.221. The molecule has 1 aliphatic rings. The van der Waals surface area contributed by atoms with Crippen LogP contribution in [0.3, 0.4) is 0 Å². The molecule has 5 nitrogen and oxygen atoms in total. The standard InChI is InChI=1S/C10H23N3O2S.ClH/c1-9(2)12(4)16(14,15)13-7-5-6-10(13)8-11-3;/h9-11H,5-8H2,1-4H3;1H. The molecule has 0 aromatic heterocycles. The summed E-state index contributed by atoms with van der Waals surface area (Å²) in [5, 5.41) is 3.06. The minimum absolute atomic E-state index is 0. The Morgan fingerprint density at radius 2 is 2.06 bits per heavy atom. The van der Waals surface area contributed by atoms with Crippen LogP contribution in [0.2, 0.25) is 0 Å². The van der Waals surface area contributed by atoms with Crippen molar-refractivity contribution < 1.29 is 8.42 Å². The maximum Gasteiger partial charge on any atom is 0.282 e. The monoisotopic (exact) mass is 285 g/mol. The van der Waals surface area contributed by atoms with E-state index in [9.17, 15) is 8.42 Å². The first-order valence-corrected chi connectivity index (χ1v) is 7.20. The van der Waals surface area contributed by atoms with Crippen molar-refractivity contribution in [2.75, 3.05) is 27.2 Å². The molecule has 1 unspecified atom stereocenters.